The van der Waals surface area contributed by atoms with E-state index in [1.54, 1.807) is 0 Å². The number of hydrogen-bond acceptors (Lipinski definition) is 1. The molecule has 0 aliphatic rings. The van der Waals surface area contributed by atoms with Gasteiger partial charge in [0.05, 0.1) is 0 Å². The number of carbonyl (C=O) groups is 1. The van der Waals surface area contributed by atoms with Crippen molar-refractivity contribution in [2.24, 2.45) is 0 Å². The number of benzene rings is 2. The Labute approximate surface area is 128 Å². The molecule has 0 saturated heterocycles. The molecule has 1 heteroatoms. The molecule has 0 saturated carbocycles. The summed E-state index contributed by atoms with van der Waals surface area (Å²) < 4.78 is 0. The zero-order valence-electron chi connectivity index (χ0n) is 13.1. The van der Waals surface area contributed by atoms with Crippen LogP contribution in [0.25, 0.3) is 10.8 Å². The average Bonchev–Trinajstić information content (AvgIpc) is 2.51. The van der Waals surface area contributed by atoms with E-state index in [1.165, 1.54) is 48.4 Å². The average molecular weight is 282 g/mol. The largest absolute Gasteiger partial charge is 0.299 e. The molecule has 112 valence electrons. The summed E-state index contributed by atoms with van der Waals surface area (Å²) in [5, 5.41) is 2.44. The number of carbonyl (C=O) groups excluding carboxylic acids is 1. The minimum absolute atomic E-state index is 0.377. The fourth-order valence-corrected chi connectivity index (χ4v) is 2.85. The Morgan fingerprint density at radius 3 is 2.43 bits per heavy atom. The van der Waals surface area contributed by atoms with Gasteiger partial charge >= 0.3 is 0 Å². The third-order valence-electron chi connectivity index (χ3n) is 4.08. The van der Waals surface area contributed by atoms with Crippen LogP contribution in [0, 0.1) is 0 Å². The van der Waals surface area contributed by atoms with Crippen LogP contribution in [0.1, 0.15) is 57.4 Å². The van der Waals surface area contributed by atoms with E-state index in [0.717, 1.165) is 12.8 Å². The van der Waals surface area contributed by atoms with Gasteiger partial charge in [0, 0.05) is 12.8 Å². The van der Waals surface area contributed by atoms with Gasteiger partial charge in [-0.15, -0.1) is 0 Å². The maximum absolute atomic E-state index is 12.1. The second-order valence-corrected chi connectivity index (χ2v) is 5.87. The maximum atomic E-state index is 12.1. The number of Topliss-reactive ketones (excluding diaryl/α,β-unsaturated/α-hetero) is 1. The van der Waals surface area contributed by atoms with E-state index < -0.39 is 0 Å². The van der Waals surface area contributed by atoms with Crippen molar-refractivity contribution in [1.82, 2.24) is 0 Å². The molecular formula is C20H26O. The third-order valence-corrected chi connectivity index (χ3v) is 4.08. The lowest BCUT2D eigenvalue weighted by Crippen LogP contribution is -2.03. The second kappa shape index (κ2) is 8.61. The number of rotatable bonds is 9. The van der Waals surface area contributed by atoms with Crippen LogP contribution < -0.4 is 0 Å². The fourth-order valence-electron chi connectivity index (χ4n) is 2.85. The molecule has 0 bridgehead atoms. The third kappa shape index (κ3) is 5.00. The number of hydrogen-bond donors (Lipinski definition) is 0. The molecule has 0 heterocycles. The summed E-state index contributed by atoms with van der Waals surface area (Å²) in [4.78, 5) is 12.1. The molecule has 0 unspecified atom stereocenters. The molecule has 0 N–H and O–H groups in total. The first-order valence-electron chi connectivity index (χ1n) is 8.29. The van der Waals surface area contributed by atoms with Gasteiger partial charge in [-0.05, 0) is 22.8 Å². The quantitative estimate of drug-likeness (QED) is 0.539. The van der Waals surface area contributed by atoms with Crippen molar-refractivity contribution >= 4 is 16.6 Å². The van der Waals surface area contributed by atoms with Gasteiger partial charge in [0.25, 0.3) is 0 Å². The summed E-state index contributed by atoms with van der Waals surface area (Å²) in [6, 6.07) is 14.6. The van der Waals surface area contributed by atoms with Gasteiger partial charge in [-0.1, -0.05) is 81.5 Å². The molecular weight excluding hydrogens is 256 g/mol. The molecule has 0 aliphatic heterocycles. The zero-order valence-corrected chi connectivity index (χ0v) is 13.1. The minimum Gasteiger partial charge on any atom is -0.299 e. The van der Waals surface area contributed by atoms with Gasteiger partial charge < -0.3 is 0 Å². The van der Waals surface area contributed by atoms with Gasteiger partial charge in [0.1, 0.15) is 5.78 Å². The van der Waals surface area contributed by atoms with Crippen LogP contribution in [0.5, 0.6) is 0 Å². The van der Waals surface area contributed by atoms with E-state index in [4.69, 9.17) is 0 Å². The number of unbranched alkanes of at least 4 members (excludes halogenated alkanes) is 5. The Morgan fingerprint density at radius 1 is 0.857 bits per heavy atom. The normalized spacial score (nSPS) is 10.9. The highest BCUT2D eigenvalue weighted by atomic mass is 16.1. The summed E-state index contributed by atoms with van der Waals surface area (Å²) in [6.07, 6.45) is 8.74. The molecule has 0 aromatic heterocycles. The van der Waals surface area contributed by atoms with E-state index in [0.29, 0.717) is 12.2 Å². The Morgan fingerprint density at radius 2 is 1.57 bits per heavy atom. The molecule has 0 spiro atoms. The molecule has 2 aromatic carbocycles. The minimum atomic E-state index is 0.377. The summed E-state index contributed by atoms with van der Waals surface area (Å²) in [5.41, 5.74) is 1.17. The number of fused-ring (bicyclic) bond motifs is 1. The monoisotopic (exact) mass is 282 g/mol. The molecule has 0 fully saturated rings. The van der Waals surface area contributed by atoms with Crippen molar-refractivity contribution in [3.05, 3.63) is 48.0 Å². The zero-order chi connectivity index (χ0) is 14.9. The highest BCUT2D eigenvalue weighted by Gasteiger charge is 2.06. The first kappa shape index (κ1) is 15.8. The van der Waals surface area contributed by atoms with Gasteiger partial charge in [0.15, 0.2) is 0 Å². The maximum Gasteiger partial charge on any atom is 0.137 e. The number of ketones is 1. The summed E-state index contributed by atoms with van der Waals surface area (Å²) >= 11 is 0. The van der Waals surface area contributed by atoms with Gasteiger partial charge in [-0.3, -0.25) is 4.79 Å². The topological polar surface area (TPSA) is 17.1 Å². The smallest absolute Gasteiger partial charge is 0.137 e. The van der Waals surface area contributed by atoms with Crippen LogP contribution in [0.2, 0.25) is 0 Å². The lowest BCUT2D eigenvalue weighted by molar-refractivity contribution is -0.118. The molecule has 0 atom stereocenters. The Hall–Kier alpha value is -1.63. The standard InChI is InChI=1S/C20H26O/c1-2-3-4-5-6-7-14-19(21)16-18-13-10-12-17-11-8-9-15-20(17)18/h8-13,15H,2-7,14,16H2,1H3. The first-order valence-corrected chi connectivity index (χ1v) is 8.29. The molecule has 2 aromatic rings. The molecule has 0 amide bonds. The van der Waals surface area contributed by atoms with Crippen molar-refractivity contribution in [1.29, 1.82) is 0 Å². The Kier molecular flexibility index (Phi) is 6.46. The lowest BCUT2D eigenvalue weighted by Gasteiger charge is -2.06. The van der Waals surface area contributed by atoms with Crippen LogP contribution in [0.4, 0.5) is 0 Å². The van der Waals surface area contributed by atoms with Gasteiger partial charge in [-0.25, -0.2) is 0 Å². The Balaban J connectivity index is 1.82. The highest BCUT2D eigenvalue weighted by molar-refractivity contribution is 5.90. The van der Waals surface area contributed by atoms with E-state index in [-0.39, 0.29) is 0 Å². The van der Waals surface area contributed by atoms with Crippen LogP contribution in [0.3, 0.4) is 0 Å². The fraction of sp³-hybridized carbons (Fsp3) is 0.450. The highest BCUT2D eigenvalue weighted by Crippen LogP contribution is 2.19. The van der Waals surface area contributed by atoms with Crippen molar-refractivity contribution in [3.8, 4) is 0 Å². The van der Waals surface area contributed by atoms with E-state index >= 15 is 0 Å². The molecule has 0 radical (unpaired) electrons. The lowest BCUT2D eigenvalue weighted by atomic mass is 9.98. The van der Waals surface area contributed by atoms with Crippen molar-refractivity contribution < 1.29 is 4.79 Å². The second-order valence-electron chi connectivity index (χ2n) is 5.87. The van der Waals surface area contributed by atoms with Gasteiger partial charge in [0.2, 0.25) is 0 Å². The van der Waals surface area contributed by atoms with Crippen molar-refractivity contribution in [2.45, 2.75) is 58.3 Å². The predicted molar refractivity (Wildman–Crippen MR) is 90.7 cm³/mol. The van der Waals surface area contributed by atoms with Crippen molar-refractivity contribution in [2.75, 3.05) is 0 Å². The van der Waals surface area contributed by atoms with Crippen LogP contribution >= 0.6 is 0 Å². The molecule has 1 nitrogen and oxygen atoms in total. The summed E-state index contributed by atoms with van der Waals surface area (Å²) in [5.74, 6) is 0.377. The first-order chi connectivity index (χ1) is 10.3. The predicted octanol–water partition coefficient (Wildman–Crippen LogP) is 5.70. The molecule has 21 heavy (non-hydrogen) atoms. The van der Waals surface area contributed by atoms with Gasteiger partial charge in [-0.2, -0.15) is 0 Å². The molecule has 0 aliphatic carbocycles. The Bertz CT molecular complexity index is 566. The summed E-state index contributed by atoms with van der Waals surface area (Å²) in [7, 11) is 0. The van der Waals surface area contributed by atoms with E-state index in [9.17, 15) is 4.79 Å². The summed E-state index contributed by atoms with van der Waals surface area (Å²) in [6.45, 7) is 2.23. The van der Waals surface area contributed by atoms with E-state index in [1.807, 2.05) is 12.1 Å². The molecule has 2 rings (SSSR count). The van der Waals surface area contributed by atoms with Crippen molar-refractivity contribution in [3.63, 3.8) is 0 Å². The van der Waals surface area contributed by atoms with Crippen LogP contribution in [-0.2, 0) is 11.2 Å². The van der Waals surface area contributed by atoms with Crippen LogP contribution in [-0.4, -0.2) is 5.78 Å². The SMILES string of the molecule is CCCCCCCCC(=O)Cc1cccc2ccccc12. The van der Waals surface area contributed by atoms with E-state index in [2.05, 4.69) is 37.3 Å². The van der Waals surface area contributed by atoms with Crippen LogP contribution in [0.15, 0.2) is 42.5 Å².